The van der Waals surface area contributed by atoms with Gasteiger partial charge in [0.1, 0.15) is 5.69 Å². The van der Waals surface area contributed by atoms with Crippen molar-refractivity contribution in [3.63, 3.8) is 0 Å². The Morgan fingerprint density at radius 1 is 1.15 bits per heavy atom. The normalized spacial score (nSPS) is 14.3. The molecule has 0 spiro atoms. The van der Waals surface area contributed by atoms with Gasteiger partial charge in [-0.1, -0.05) is 30.3 Å². The molecule has 10 heteroatoms. The van der Waals surface area contributed by atoms with Crippen molar-refractivity contribution in [1.82, 2.24) is 5.32 Å². The molecule has 1 N–H and O–H groups in total. The molecule has 0 saturated carbocycles. The van der Waals surface area contributed by atoms with Crippen LogP contribution in [0.5, 0.6) is 0 Å². The lowest BCUT2D eigenvalue weighted by molar-refractivity contribution is -0.384. The number of amides is 1. The number of nitrogens with zero attached hydrogens (tertiary/aromatic N) is 2. The molecule has 1 aliphatic rings. The first kappa shape index (κ1) is 23.9. The number of hydrogen-bond acceptors (Lipinski definition) is 8. The summed E-state index contributed by atoms with van der Waals surface area (Å²) < 4.78 is 10.3. The molecule has 33 heavy (non-hydrogen) atoms. The van der Waals surface area contributed by atoms with E-state index in [1.807, 2.05) is 35.2 Å². The van der Waals surface area contributed by atoms with Gasteiger partial charge in [-0.2, -0.15) is 0 Å². The van der Waals surface area contributed by atoms with E-state index >= 15 is 0 Å². The molecule has 0 radical (unpaired) electrons. The standard InChI is InChI=1S/C23H25N3O7/c1-16(27)19(13-17-5-3-2-4-6-17)24-22(28)15-33-23(29)18-7-8-20(21(14-18)26(30)31)25-9-11-32-12-10-25/h2-8,14,19H,9-13,15H2,1H3,(H,24,28)/t19-/m0/s1. The Bertz CT molecular complexity index is 1020. The monoisotopic (exact) mass is 455 g/mol. The average Bonchev–Trinajstić information content (AvgIpc) is 2.82. The van der Waals surface area contributed by atoms with E-state index in [-0.39, 0.29) is 17.0 Å². The highest BCUT2D eigenvalue weighted by Gasteiger charge is 2.24. The van der Waals surface area contributed by atoms with Crippen LogP contribution in [-0.4, -0.2) is 61.5 Å². The lowest BCUT2D eigenvalue weighted by atomic mass is 10.0. The number of carbonyl (C=O) groups is 3. The molecule has 1 atom stereocenters. The van der Waals surface area contributed by atoms with Crippen LogP contribution < -0.4 is 10.2 Å². The van der Waals surface area contributed by atoms with Gasteiger partial charge in [-0.05, 0) is 31.0 Å². The molecule has 1 fully saturated rings. The second-order valence-electron chi connectivity index (χ2n) is 7.56. The van der Waals surface area contributed by atoms with Gasteiger partial charge in [0, 0.05) is 19.2 Å². The molecule has 1 amide bonds. The van der Waals surface area contributed by atoms with Gasteiger partial charge in [-0.15, -0.1) is 0 Å². The van der Waals surface area contributed by atoms with Gasteiger partial charge >= 0.3 is 5.97 Å². The smallest absolute Gasteiger partial charge is 0.338 e. The minimum Gasteiger partial charge on any atom is -0.452 e. The Kier molecular flexibility index (Phi) is 8.09. The first-order valence-corrected chi connectivity index (χ1v) is 10.5. The number of anilines is 1. The van der Waals surface area contributed by atoms with E-state index in [1.54, 1.807) is 0 Å². The largest absolute Gasteiger partial charge is 0.452 e. The van der Waals surface area contributed by atoms with Crippen molar-refractivity contribution in [1.29, 1.82) is 0 Å². The molecule has 174 valence electrons. The zero-order valence-electron chi connectivity index (χ0n) is 18.2. The topological polar surface area (TPSA) is 128 Å². The summed E-state index contributed by atoms with van der Waals surface area (Å²) in [5.74, 6) is -1.74. The second kappa shape index (κ2) is 11.2. The Labute approximate surface area is 190 Å². The number of nitrogens with one attached hydrogen (secondary N) is 1. The third kappa shape index (κ3) is 6.59. The predicted octanol–water partition coefficient (Wildman–Crippen LogP) is 1.90. The summed E-state index contributed by atoms with van der Waals surface area (Å²) >= 11 is 0. The Morgan fingerprint density at radius 2 is 1.85 bits per heavy atom. The van der Waals surface area contributed by atoms with Gasteiger partial charge in [0.15, 0.2) is 12.4 Å². The van der Waals surface area contributed by atoms with E-state index in [0.717, 1.165) is 11.6 Å². The van der Waals surface area contributed by atoms with Gasteiger partial charge in [0.2, 0.25) is 0 Å². The minimum absolute atomic E-state index is 0.0427. The van der Waals surface area contributed by atoms with Crippen LogP contribution in [0.4, 0.5) is 11.4 Å². The van der Waals surface area contributed by atoms with Crippen molar-refractivity contribution < 1.29 is 28.8 Å². The third-order valence-corrected chi connectivity index (χ3v) is 5.20. The van der Waals surface area contributed by atoms with Gasteiger partial charge < -0.3 is 19.7 Å². The maximum Gasteiger partial charge on any atom is 0.338 e. The minimum atomic E-state index is -0.871. The highest BCUT2D eigenvalue weighted by atomic mass is 16.6. The molecule has 10 nitrogen and oxygen atoms in total. The van der Waals surface area contributed by atoms with Gasteiger partial charge in [0.05, 0.1) is 29.7 Å². The summed E-state index contributed by atoms with van der Waals surface area (Å²) in [5.41, 5.74) is 1.000. The van der Waals surface area contributed by atoms with Crippen molar-refractivity contribution >= 4 is 29.0 Å². The molecule has 2 aromatic rings. The molecule has 2 aromatic carbocycles. The fraction of sp³-hybridized carbons (Fsp3) is 0.348. The molecular weight excluding hydrogens is 430 g/mol. The van der Waals surface area contributed by atoms with Crippen LogP contribution in [-0.2, 0) is 25.5 Å². The Morgan fingerprint density at radius 3 is 2.48 bits per heavy atom. The first-order valence-electron chi connectivity index (χ1n) is 10.5. The summed E-state index contributed by atoms with van der Waals surface area (Å²) in [7, 11) is 0. The van der Waals surface area contributed by atoms with Crippen molar-refractivity contribution in [2.45, 2.75) is 19.4 Å². The van der Waals surface area contributed by atoms with Crippen LogP contribution in [0.3, 0.4) is 0 Å². The van der Waals surface area contributed by atoms with Crippen molar-refractivity contribution in [3.8, 4) is 0 Å². The van der Waals surface area contributed by atoms with E-state index < -0.39 is 29.4 Å². The zero-order valence-corrected chi connectivity index (χ0v) is 18.2. The van der Waals surface area contributed by atoms with E-state index in [0.29, 0.717) is 38.4 Å². The highest BCUT2D eigenvalue weighted by molar-refractivity contribution is 5.94. The number of benzene rings is 2. The van der Waals surface area contributed by atoms with Crippen LogP contribution in [0.15, 0.2) is 48.5 Å². The molecule has 1 saturated heterocycles. The molecular formula is C23H25N3O7. The van der Waals surface area contributed by atoms with E-state index in [4.69, 9.17) is 9.47 Å². The Balaban J connectivity index is 1.61. The zero-order chi connectivity index (χ0) is 23.8. The lowest BCUT2D eigenvalue weighted by Gasteiger charge is -2.28. The van der Waals surface area contributed by atoms with Crippen LogP contribution in [0.25, 0.3) is 0 Å². The molecule has 1 aliphatic heterocycles. The number of rotatable bonds is 9. The molecule has 0 aromatic heterocycles. The number of nitro groups is 1. The third-order valence-electron chi connectivity index (χ3n) is 5.20. The number of Topliss-reactive ketones (excluding diaryl/α,β-unsaturated/α-hetero) is 1. The van der Waals surface area contributed by atoms with Crippen molar-refractivity contribution in [3.05, 3.63) is 69.8 Å². The van der Waals surface area contributed by atoms with Crippen LogP contribution in [0, 0.1) is 10.1 Å². The first-order chi connectivity index (χ1) is 15.8. The fourth-order valence-electron chi connectivity index (χ4n) is 3.46. The number of ether oxygens (including phenoxy) is 2. The van der Waals surface area contributed by atoms with E-state index in [1.165, 1.54) is 19.1 Å². The van der Waals surface area contributed by atoms with E-state index in [2.05, 4.69) is 5.32 Å². The fourth-order valence-corrected chi connectivity index (χ4v) is 3.46. The number of carbonyl (C=O) groups excluding carboxylic acids is 3. The predicted molar refractivity (Wildman–Crippen MR) is 119 cm³/mol. The summed E-state index contributed by atoms with van der Waals surface area (Å²) in [6, 6.07) is 12.5. The molecule has 3 rings (SSSR count). The van der Waals surface area contributed by atoms with Gasteiger partial charge in [-0.3, -0.25) is 19.7 Å². The number of morpholine rings is 1. The summed E-state index contributed by atoms with van der Waals surface area (Å²) in [6.07, 6.45) is 0.311. The average molecular weight is 455 g/mol. The quantitative estimate of drug-likeness (QED) is 0.345. The van der Waals surface area contributed by atoms with Crippen LogP contribution >= 0.6 is 0 Å². The van der Waals surface area contributed by atoms with Crippen LogP contribution in [0.2, 0.25) is 0 Å². The van der Waals surface area contributed by atoms with Crippen molar-refractivity contribution in [2.24, 2.45) is 0 Å². The number of ketones is 1. The maximum atomic E-state index is 12.4. The number of hydrogen-bond donors (Lipinski definition) is 1. The second-order valence-corrected chi connectivity index (χ2v) is 7.56. The number of nitro benzene ring substituents is 1. The molecule has 0 unspecified atom stereocenters. The van der Waals surface area contributed by atoms with Crippen LogP contribution in [0.1, 0.15) is 22.8 Å². The lowest BCUT2D eigenvalue weighted by Crippen LogP contribution is -2.43. The van der Waals surface area contributed by atoms with Crippen molar-refractivity contribution in [2.75, 3.05) is 37.8 Å². The number of esters is 1. The Hall–Kier alpha value is -3.79. The summed E-state index contributed by atoms with van der Waals surface area (Å²) in [5, 5.41) is 14.1. The van der Waals surface area contributed by atoms with Gasteiger partial charge in [0.25, 0.3) is 11.6 Å². The SMILES string of the molecule is CC(=O)[C@H](Cc1ccccc1)NC(=O)COC(=O)c1ccc(N2CCOCC2)c([N+](=O)[O-])c1. The highest BCUT2D eigenvalue weighted by Crippen LogP contribution is 2.30. The molecule has 0 aliphatic carbocycles. The summed E-state index contributed by atoms with van der Waals surface area (Å²) in [4.78, 5) is 49.4. The molecule has 0 bridgehead atoms. The van der Waals surface area contributed by atoms with E-state index in [9.17, 15) is 24.5 Å². The maximum absolute atomic E-state index is 12.4. The molecule has 1 heterocycles. The summed E-state index contributed by atoms with van der Waals surface area (Å²) in [6.45, 7) is 2.69. The van der Waals surface area contributed by atoms with Gasteiger partial charge in [-0.25, -0.2) is 4.79 Å².